The highest BCUT2D eigenvalue weighted by Crippen LogP contribution is 2.31. The molecule has 1 heterocycles. The van der Waals surface area contributed by atoms with E-state index < -0.39 is 5.97 Å². The van der Waals surface area contributed by atoms with E-state index in [0.717, 1.165) is 12.0 Å². The summed E-state index contributed by atoms with van der Waals surface area (Å²) in [4.78, 5) is 18.8. The van der Waals surface area contributed by atoms with Crippen LogP contribution in [0.5, 0.6) is 11.6 Å². The van der Waals surface area contributed by atoms with Crippen molar-refractivity contribution in [1.82, 2.24) is 9.97 Å². The lowest BCUT2D eigenvalue weighted by molar-refractivity contribution is 0.0686. The molecule has 1 aromatic carbocycles. The van der Waals surface area contributed by atoms with Crippen molar-refractivity contribution < 1.29 is 14.6 Å². The van der Waals surface area contributed by atoms with E-state index in [2.05, 4.69) is 23.8 Å². The molecule has 20 heavy (non-hydrogen) atoms. The van der Waals surface area contributed by atoms with Crippen molar-refractivity contribution in [2.75, 3.05) is 0 Å². The number of ether oxygens (including phenoxy) is 1. The van der Waals surface area contributed by atoms with Gasteiger partial charge in [0.25, 0.3) is 5.88 Å². The van der Waals surface area contributed by atoms with E-state index in [9.17, 15) is 4.79 Å². The fraction of sp³-hybridized carbons (Fsp3) is 0.267. The number of carboxylic acids is 1. The summed E-state index contributed by atoms with van der Waals surface area (Å²) in [5.74, 6) is -0.217. The third-order valence-corrected chi connectivity index (χ3v) is 3.14. The molecule has 2 aromatic rings. The van der Waals surface area contributed by atoms with Gasteiger partial charge in [0, 0.05) is 12.4 Å². The zero-order chi connectivity index (χ0) is 14.5. The normalized spacial score (nSPS) is 11.9. The average molecular weight is 272 g/mol. The highest BCUT2D eigenvalue weighted by atomic mass is 16.5. The Morgan fingerprint density at radius 3 is 2.70 bits per heavy atom. The molecule has 0 bridgehead atoms. The van der Waals surface area contributed by atoms with Gasteiger partial charge in [-0.3, -0.25) is 0 Å². The zero-order valence-corrected chi connectivity index (χ0v) is 11.4. The molecule has 1 atom stereocenters. The second kappa shape index (κ2) is 6.14. The van der Waals surface area contributed by atoms with Gasteiger partial charge >= 0.3 is 5.97 Å². The minimum absolute atomic E-state index is 0.00996. The second-order valence-corrected chi connectivity index (χ2v) is 4.46. The van der Waals surface area contributed by atoms with Gasteiger partial charge < -0.3 is 9.84 Å². The Balaban J connectivity index is 2.38. The molecule has 0 aliphatic rings. The first-order valence-corrected chi connectivity index (χ1v) is 6.44. The quantitative estimate of drug-likeness (QED) is 0.902. The smallest absolute Gasteiger partial charge is 0.360 e. The number of para-hydroxylation sites is 1. The summed E-state index contributed by atoms with van der Waals surface area (Å²) in [6, 6.07) is 7.56. The lowest BCUT2D eigenvalue weighted by atomic mass is 9.98. The van der Waals surface area contributed by atoms with Gasteiger partial charge in [-0.2, -0.15) is 0 Å². The Morgan fingerprint density at radius 2 is 2.00 bits per heavy atom. The van der Waals surface area contributed by atoms with E-state index in [1.165, 1.54) is 12.4 Å². The molecule has 104 valence electrons. The van der Waals surface area contributed by atoms with Gasteiger partial charge in [-0.1, -0.05) is 32.0 Å². The average Bonchev–Trinajstić information content (AvgIpc) is 2.47. The maximum atomic E-state index is 11.1. The van der Waals surface area contributed by atoms with Gasteiger partial charge in [-0.05, 0) is 24.0 Å². The van der Waals surface area contributed by atoms with Crippen molar-refractivity contribution in [3.05, 3.63) is 47.9 Å². The Morgan fingerprint density at radius 1 is 1.30 bits per heavy atom. The van der Waals surface area contributed by atoms with Crippen LogP contribution in [0.2, 0.25) is 0 Å². The van der Waals surface area contributed by atoms with Crippen molar-refractivity contribution >= 4 is 5.97 Å². The predicted molar refractivity (Wildman–Crippen MR) is 74.2 cm³/mol. The van der Waals surface area contributed by atoms with Crippen molar-refractivity contribution in [2.24, 2.45) is 0 Å². The van der Waals surface area contributed by atoms with Gasteiger partial charge in [0.1, 0.15) is 5.75 Å². The van der Waals surface area contributed by atoms with Crippen LogP contribution in [0.3, 0.4) is 0 Å². The van der Waals surface area contributed by atoms with Crippen LogP contribution in [0.15, 0.2) is 36.7 Å². The first kappa shape index (κ1) is 14.0. The summed E-state index contributed by atoms with van der Waals surface area (Å²) in [6.07, 6.45) is 3.71. The lowest BCUT2D eigenvalue weighted by Gasteiger charge is -2.15. The standard InChI is InChI=1S/C15H16N2O3/c1-3-10(2)11-6-4-5-7-12(11)20-14-13(15(18)19)16-8-9-17-14/h4-10H,3H2,1-2H3,(H,18,19). The third-order valence-electron chi connectivity index (χ3n) is 3.14. The summed E-state index contributed by atoms with van der Waals surface area (Å²) in [6.45, 7) is 4.18. The molecule has 0 amide bonds. The van der Waals surface area contributed by atoms with E-state index >= 15 is 0 Å². The summed E-state index contributed by atoms with van der Waals surface area (Å²) < 4.78 is 5.67. The summed E-state index contributed by atoms with van der Waals surface area (Å²) in [5, 5.41) is 9.09. The lowest BCUT2D eigenvalue weighted by Crippen LogP contribution is -2.05. The number of nitrogens with zero attached hydrogens (tertiary/aromatic N) is 2. The SMILES string of the molecule is CCC(C)c1ccccc1Oc1nccnc1C(=O)O. The summed E-state index contributed by atoms with van der Waals surface area (Å²) >= 11 is 0. The minimum Gasteiger partial charge on any atom is -0.476 e. The van der Waals surface area contributed by atoms with Crippen molar-refractivity contribution in [2.45, 2.75) is 26.2 Å². The number of hydrogen-bond acceptors (Lipinski definition) is 4. The number of hydrogen-bond donors (Lipinski definition) is 1. The van der Waals surface area contributed by atoms with Gasteiger partial charge in [0.15, 0.2) is 0 Å². The molecular formula is C15H16N2O3. The third kappa shape index (κ3) is 2.93. The van der Waals surface area contributed by atoms with E-state index in [0.29, 0.717) is 11.7 Å². The molecule has 0 radical (unpaired) electrons. The largest absolute Gasteiger partial charge is 0.476 e. The first-order valence-electron chi connectivity index (χ1n) is 6.44. The van der Waals surface area contributed by atoms with Crippen LogP contribution in [0, 0.1) is 0 Å². The highest BCUT2D eigenvalue weighted by molar-refractivity contribution is 5.87. The van der Waals surface area contributed by atoms with Gasteiger partial charge in [0.2, 0.25) is 5.69 Å². The molecule has 0 aliphatic carbocycles. The van der Waals surface area contributed by atoms with Crippen molar-refractivity contribution in [3.8, 4) is 11.6 Å². The topological polar surface area (TPSA) is 72.3 Å². The summed E-state index contributed by atoms with van der Waals surface area (Å²) in [5.41, 5.74) is 0.837. The number of aromatic nitrogens is 2. The number of carboxylic acid groups (broad SMARTS) is 1. The van der Waals surface area contributed by atoms with Crippen LogP contribution in [0.25, 0.3) is 0 Å². The molecule has 1 aromatic heterocycles. The summed E-state index contributed by atoms with van der Waals surface area (Å²) in [7, 11) is 0. The van der Waals surface area contributed by atoms with Crippen LogP contribution >= 0.6 is 0 Å². The Hall–Kier alpha value is -2.43. The van der Waals surface area contributed by atoms with Gasteiger partial charge in [-0.15, -0.1) is 0 Å². The molecule has 0 aliphatic heterocycles. The number of benzene rings is 1. The van der Waals surface area contributed by atoms with Crippen LogP contribution in [-0.2, 0) is 0 Å². The molecule has 0 saturated heterocycles. The van der Waals surface area contributed by atoms with Crippen molar-refractivity contribution in [1.29, 1.82) is 0 Å². The molecular weight excluding hydrogens is 256 g/mol. The zero-order valence-electron chi connectivity index (χ0n) is 11.4. The minimum atomic E-state index is -1.16. The second-order valence-electron chi connectivity index (χ2n) is 4.46. The van der Waals surface area contributed by atoms with Crippen LogP contribution < -0.4 is 4.74 Å². The van der Waals surface area contributed by atoms with E-state index in [1.54, 1.807) is 0 Å². The highest BCUT2D eigenvalue weighted by Gasteiger charge is 2.17. The fourth-order valence-corrected chi connectivity index (χ4v) is 1.85. The van der Waals surface area contributed by atoms with Gasteiger partial charge in [-0.25, -0.2) is 14.8 Å². The Labute approximate surface area is 117 Å². The van der Waals surface area contributed by atoms with Crippen molar-refractivity contribution in [3.63, 3.8) is 0 Å². The molecule has 1 N–H and O–H groups in total. The number of carbonyl (C=O) groups is 1. The first-order chi connectivity index (χ1) is 9.63. The predicted octanol–water partition coefficient (Wildman–Crippen LogP) is 3.48. The molecule has 1 unspecified atom stereocenters. The van der Waals surface area contributed by atoms with Crippen LogP contribution in [0.1, 0.15) is 42.2 Å². The molecule has 5 heteroatoms. The molecule has 5 nitrogen and oxygen atoms in total. The maximum absolute atomic E-state index is 11.1. The van der Waals surface area contributed by atoms with E-state index in [4.69, 9.17) is 9.84 Å². The van der Waals surface area contributed by atoms with E-state index in [-0.39, 0.29) is 11.6 Å². The monoisotopic (exact) mass is 272 g/mol. The number of aromatic carboxylic acids is 1. The Kier molecular flexibility index (Phi) is 4.30. The molecule has 0 saturated carbocycles. The molecule has 0 spiro atoms. The molecule has 0 fully saturated rings. The van der Waals surface area contributed by atoms with Gasteiger partial charge in [0.05, 0.1) is 0 Å². The number of rotatable bonds is 5. The van der Waals surface area contributed by atoms with Crippen LogP contribution in [-0.4, -0.2) is 21.0 Å². The van der Waals surface area contributed by atoms with E-state index in [1.807, 2.05) is 24.3 Å². The molecule has 2 rings (SSSR count). The Bertz CT molecular complexity index is 614. The maximum Gasteiger partial charge on any atom is 0.360 e. The fourth-order valence-electron chi connectivity index (χ4n) is 1.85. The van der Waals surface area contributed by atoms with Crippen LogP contribution in [0.4, 0.5) is 0 Å².